The number of anilines is 1. The number of aromatic nitrogens is 5. The van der Waals surface area contributed by atoms with E-state index in [9.17, 15) is 26.8 Å². The Morgan fingerprint density at radius 3 is 2.61 bits per heavy atom. The number of ether oxygens (including phenoxy) is 1. The van der Waals surface area contributed by atoms with Crippen LogP contribution in [0.3, 0.4) is 0 Å². The standard InChI is InChI=1S/C38H39ClF2N10O5S/c1-20-17-49(18-21(2)56-20)31-10-7-26-35(43-31)44-37(51(38(26)53)30-9-8-27(39)33-34(30)48(3)46-36(33)47-57(4,54)55)29(15-22-13-24(40)16-25(41)14-22)42-32(52)19-50-12-11-28(45-50)23-5-6-23/h7-14,16,21,23,29,33-34H,1,5-6,15,17-19H2,2-4H3,(H,42,52)(H,46,47)/t21-,29+,33?,34?/m1/s1. The van der Waals surface area contributed by atoms with E-state index >= 15 is 0 Å². The highest BCUT2D eigenvalue weighted by Gasteiger charge is 2.45. The molecule has 2 aliphatic carbocycles. The van der Waals surface area contributed by atoms with E-state index in [2.05, 4.69) is 26.8 Å². The zero-order valence-corrected chi connectivity index (χ0v) is 32.8. The summed E-state index contributed by atoms with van der Waals surface area (Å²) in [7, 11) is -2.23. The summed E-state index contributed by atoms with van der Waals surface area (Å²) >= 11 is 6.72. The number of hydrogen-bond acceptors (Lipinski definition) is 10. The molecule has 4 aromatic rings. The van der Waals surface area contributed by atoms with Crippen molar-refractivity contribution in [2.75, 3.05) is 31.3 Å². The van der Waals surface area contributed by atoms with Gasteiger partial charge in [-0.1, -0.05) is 18.2 Å². The van der Waals surface area contributed by atoms with Crippen LogP contribution in [-0.2, 0) is 32.5 Å². The third-order valence-electron chi connectivity index (χ3n) is 10.1. The van der Waals surface area contributed by atoms with Gasteiger partial charge in [-0.2, -0.15) is 5.10 Å². The minimum atomic E-state index is -3.88. The van der Waals surface area contributed by atoms with Gasteiger partial charge in [0.05, 0.1) is 48.4 Å². The summed E-state index contributed by atoms with van der Waals surface area (Å²) < 4.78 is 66.5. The maximum absolute atomic E-state index is 15.0. The molecule has 298 valence electrons. The molecule has 1 amide bonds. The minimum Gasteiger partial charge on any atom is -0.492 e. The average Bonchev–Trinajstić information content (AvgIpc) is 3.78. The number of allylic oxidation sites excluding steroid dienone is 2. The number of rotatable bonds is 10. The fraction of sp³-hybridized carbons (Fsp3) is 0.368. The van der Waals surface area contributed by atoms with Crippen LogP contribution in [0.4, 0.5) is 14.6 Å². The zero-order valence-electron chi connectivity index (χ0n) is 31.2. The highest BCUT2D eigenvalue weighted by atomic mass is 35.5. The van der Waals surface area contributed by atoms with Crippen molar-refractivity contribution in [1.29, 1.82) is 0 Å². The third-order valence-corrected chi connectivity index (χ3v) is 11.0. The number of fused-ring (bicyclic) bond motifs is 2. The van der Waals surface area contributed by atoms with Gasteiger partial charge in [0.1, 0.15) is 47.5 Å². The van der Waals surface area contributed by atoms with Crippen LogP contribution in [0.25, 0.3) is 16.7 Å². The Hall–Kier alpha value is -5.46. The number of amidine groups is 1. The predicted octanol–water partition coefficient (Wildman–Crippen LogP) is 3.75. The molecule has 4 atom stereocenters. The quantitative estimate of drug-likeness (QED) is 0.239. The Morgan fingerprint density at radius 1 is 1.16 bits per heavy atom. The number of pyridine rings is 1. The normalized spacial score (nSPS) is 22.5. The number of nitrogens with one attached hydrogen (secondary N) is 2. The molecule has 1 aromatic carbocycles. The van der Waals surface area contributed by atoms with Crippen LogP contribution in [-0.4, -0.2) is 88.0 Å². The molecule has 1 saturated carbocycles. The van der Waals surface area contributed by atoms with Gasteiger partial charge >= 0.3 is 0 Å². The van der Waals surface area contributed by atoms with Gasteiger partial charge in [-0.05, 0) is 67.8 Å². The average molecular weight is 821 g/mol. The molecular weight excluding hydrogens is 782 g/mol. The van der Waals surface area contributed by atoms with Crippen molar-refractivity contribution in [3.63, 3.8) is 0 Å². The Balaban J connectivity index is 1.30. The lowest BCUT2D eigenvalue weighted by Gasteiger charge is -2.34. The molecule has 0 radical (unpaired) electrons. The summed E-state index contributed by atoms with van der Waals surface area (Å²) in [5, 5.41) is 9.49. The summed E-state index contributed by atoms with van der Waals surface area (Å²) in [6, 6.07) is 6.22. The van der Waals surface area contributed by atoms with E-state index in [1.165, 1.54) is 15.3 Å². The van der Waals surface area contributed by atoms with Crippen molar-refractivity contribution in [3.8, 4) is 0 Å². The van der Waals surface area contributed by atoms with Crippen molar-refractivity contribution in [3.05, 3.63) is 111 Å². The van der Waals surface area contributed by atoms with Crippen molar-refractivity contribution < 1.29 is 26.7 Å². The van der Waals surface area contributed by atoms with Crippen LogP contribution in [0, 0.1) is 17.6 Å². The first kappa shape index (κ1) is 38.4. The van der Waals surface area contributed by atoms with E-state index in [-0.39, 0.29) is 52.4 Å². The Morgan fingerprint density at radius 2 is 1.91 bits per heavy atom. The van der Waals surface area contributed by atoms with Gasteiger partial charge in [-0.25, -0.2) is 32.2 Å². The SMILES string of the molecule is C=C1CN(c2ccc3c(=O)n(C4=CC=C(Cl)C5C(=NS(C)(=O)=O)NN(C)C45)c([C@H](Cc4cc(F)cc(F)c4)NC(=O)Cn4ccc(C5CC5)n4)nc3n2)C[C@@H](C)O1. The van der Waals surface area contributed by atoms with Crippen LogP contribution >= 0.6 is 11.6 Å². The van der Waals surface area contributed by atoms with Crippen molar-refractivity contribution in [2.45, 2.75) is 56.8 Å². The lowest BCUT2D eigenvalue weighted by molar-refractivity contribution is -0.122. The Kier molecular flexibility index (Phi) is 9.98. The van der Waals surface area contributed by atoms with Crippen molar-refractivity contribution in [1.82, 2.24) is 40.1 Å². The van der Waals surface area contributed by atoms with Gasteiger partial charge in [0.15, 0.2) is 5.65 Å². The molecule has 2 saturated heterocycles. The van der Waals surface area contributed by atoms with E-state index < -0.39 is 51.1 Å². The van der Waals surface area contributed by atoms with Crippen LogP contribution < -0.4 is 21.2 Å². The molecule has 2 aliphatic heterocycles. The Labute approximate surface area is 331 Å². The summed E-state index contributed by atoms with van der Waals surface area (Å²) in [4.78, 5) is 40.6. The number of morpholine rings is 1. The molecular formula is C38H39ClF2N10O5S. The molecule has 0 bridgehead atoms. The van der Waals surface area contributed by atoms with Crippen molar-refractivity contribution >= 4 is 55.9 Å². The van der Waals surface area contributed by atoms with Gasteiger partial charge in [0, 0.05) is 42.4 Å². The second-order valence-electron chi connectivity index (χ2n) is 14.8. The molecule has 3 fully saturated rings. The van der Waals surface area contributed by atoms with E-state index in [4.69, 9.17) is 26.3 Å². The summed E-state index contributed by atoms with van der Waals surface area (Å²) in [5.41, 5.74) is 3.82. The predicted molar refractivity (Wildman–Crippen MR) is 210 cm³/mol. The van der Waals surface area contributed by atoms with Gasteiger partial charge in [0.25, 0.3) is 15.6 Å². The fourth-order valence-electron chi connectivity index (χ4n) is 7.65. The lowest BCUT2D eigenvalue weighted by atomic mass is 9.91. The second kappa shape index (κ2) is 14.8. The van der Waals surface area contributed by atoms with Gasteiger partial charge < -0.3 is 20.4 Å². The molecule has 2 unspecified atom stereocenters. The number of amides is 1. The third kappa shape index (κ3) is 8.06. The van der Waals surface area contributed by atoms with E-state index in [1.54, 1.807) is 36.5 Å². The van der Waals surface area contributed by atoms with Crippen molar-refractivity contribution in [2.24, 2.45) is 10.3 Å². The zero-order chi connectivity index (χ0) is 40.3. The van der Waals surface area contributed by atoms with Gasteiger partial charge in [-0.15, -0.1) is 4.40 Å². The topological polar surface area (TPSA) is 169 Å². The number of benzene rings is 1. The summed E-state index contributed by atoms with van der Waals surface area (Å²) in [5.74, 6) is -1.57. The van der Waals surface area contributed by atoms with Gasteiger partial charge in [0.2, 0.25) is 5.91 Å². The number of hydrazine groups is 1. The molecule has 8 rings (SSSR count). The number of carbonyl (C=O) groups excluding carboxylic acids is 1. The highest BCUT2D eigenvalue weighted by Crippen LogP contribution is 2.40. The Bertz CT molecular complexity index is 2570. The fourth-order valence-corrected chi connectivity index (χ4v) is 8.45. The maximum atomic E-state index is 15.0. The second-order valence-corrected chi connectivity index (χ2v) is 16.9. The van der Waals surface area contributed by atoms with E-state index in [0.717, 1.165) is 43.0 Å². The molecule has 4 aliphatic rings. The highest BCUT2D eigenvalue weighted by molar-refractivity contribution is 7.89. The molecule has 3 aromatic heterocycles. The number of halogens is 3. The molecule has 15 nitrogen and oxygen atoms in total. The first-order valence-corrected chi connectivity index (χ1v) is 20.5. The minimum absolute atomic E-state index is 0.00705. The molecule has 57 heavy (non-hydrogen) atoms. The first-order valence-electron chi connectivity index (χ1n) is 18.3. The molecule has 2 N–H and O–H groups in total. The van der Waals surface area contributed by atoms with Crippen LogP contribution in [0.15, 0.2) is 81.3 Å². The largest absolute Gasteiger partial charge is 0.492 e. The maximum Gasteiger partial charge on any atom is 0.267 e. The smallest absolute Gasteiger partial charge is 0.267 e. The molecule has 0 spiro atoms. The number of carbonyl (C=O) groups is 1. The monoisotopic (exact) mass is 820 g/mol. The molecule has 19 heteroatoms. The number of sulfonamides is 1. The molecule has 5 heterocycles. The van der Waals surface area contributed by atoms with Gasteiger partial charge in [-0.3, -0.25) is 18.8 Å². The number of hydrogen-bond donors (Lipinski definition) is 2. The lowest BCUT2D eigenvalue weighted by Crippen LogP contribution is -2.43. The summed E-state index contributed by atoms with van der Waals surface area (Å²) in [6.45, 7) is 6.52. The van der Waals surface area contributed by atoms with E-state index in [0.29, 0.717) is 36.3 Å². The van der Waals surface area contributed by atoms with Crippen LogP contribution in [0.2, 0.25) is 0 Å². The first-order chi connectivity index (χ1) is 27.1. The van der Waals surface area contributed by atoms with E-state index in [1.807, 2.05) is 17.9 Å². The van der Waals surface area contributed by atoms with Crippen LogP contribution in [0.5, 0.6) is 0 Å². The number of likely N-dealkylation sites (N-methyl/N-ethyl adjacent to an activating group) is 1. The van der Waals surface area contributed by atoms with Crippen LogP contribution in [0.1, 0.15) is 48.8 Å². The number of nitrogens with zero attached hydrogens (tertiary/aromatic N) is 8. The summed E-state index contributed by atoms with van der Waals surface area (Å²) in [6.07, 6.45) is 7.49.